The first kappa shape index (κ1) is 22.9. The molecule has 11 heteroatoms. The number of esters is 1. The molecule has 2 aliphatic rings. The second-order valence-electron chi connectivity index (χ2n) is 9.06. The molecule has 2 saturated carbocycles. The molecule has 0 unspecified atom stereocenters. The van der Waals surface area contributed by atoms with E-state index in [0.717, 1.165) is 16.9 Å². The fraction of sp³-hybridized carbons (Fsp3) is 0.391. The van der Waals surface area contributed by atoms with Crippen LogP contribution in [0.2, 0.25) is 5.02 Å². The van der Waals surface area contributed by atoms with E-state index in [2.05, 4.69) is 10.1 Å². The number of aromatic amines is 1. The van der Waals surface area contributed by atoms with Gasteiger partial charge in [-0.15, -0.1) is 0 Å². The monoisotopic (exact) mass is 497 g/mol. The van der Waals surface area contributed by atoms with E-state index in [9.17, 15) is 27.5 Å². The van der Waals surface area contributed by atoms with Crippen molar-refractivity contribution in [1.29, 1.82) is 0 Å². The Hall–Kier alpha value is -2.85. The number of aromatic nitrogens is 3. The topological polar surface area (TPSA) is 80.1 Å². The number of halogens is 5. The highest BCUT2D eigenvalue weighted by Gasteiger charge is 2.47. The number of rotatable bonds is 5. The maximum atomic E-state index is 14.7. The molecule has 0 aliphatic heterocycles. The maximum absolute atomic E-state index is 14.7. The van der Waals surface area contributed by atoms with E-state index >= 15 is 0 Å². The van der Waals surface area contributed by atoms with Crippen LogP contribution in [0.15, 0.2) is 30.6 Å². The first-order chi connectivity index (χ1) is 16.0. The van der Waals surface area contributed by atoms with E-state index < -0.39 is 35.3 Å². The van der Waals surface area contributed by atoms with Crippen molar-refractivity contribution in [3.05, 3.63) is 52.7 Å². The van der Waals surface area contributed by atoms with Crippen molar-refractivity contribution in [1.82, 2.24) is 14.8 Å². The van der Waals surface area contributed by atoms with Crippen molar-refractivity contribution in [2.75, 3.05) is 0 Å². The first-order valence-corrected chi connectivity index (χ1v) is 11.1. The van der Waals surface area contributed by atoms with Crippen LogP contribution in [0.1, 0.15) is 54.7 Å². The van der Waals surface area contributed by atoms with E-state index in [1.54, 1.807) is 6.92 Å². The van der Waals surface area contributed by atoms with Gasteiger partial charge in [-0.05, 0) is 44.7 Å². The molecule has 6 nitrogen and oxygen atoms in total. The van der Waals surface area contributed by atoms with E-state index in [1.807, 2.05) is 0 Å². The summed E-state index contributed by atoms with van der Waals surface area (Å²) in [6.07, 6.45) is -1.38. The van der Waals surface area contributed by atoms with Crippen molar-refractivity contribution < 1.29 is 32.2 Å². The summed E-state index contributed by atoms with van der Waals surface area (Å²) >= 11 is 6.19. The summed E-state index contributed by atoms with van der Waals surface area (Å²) in [7, 11) is 0. The van der Waals surface area contributed by atoms with Crippen LogP contribution in [0.4, 0.5) is 17.6 Å². The summed E-state index contributed by atoms with van der Waals surface area (Å²) in [5.74, 6) is -1.61. The van der Waals surface area contributed by atoms with Crippen molar-refractivity contribution in [3.63, 3.8) is 0 Å². The Balaban J connectivity index is 1.68. The second kappa shape index (κ2) is 7.84. The van der Waals surface area contributed by atoms with Gasteiger partial charge in [-0.3, -0.25) is 4.68 Å². The van der Waals surface area contributed by atoms with Crippen molar-refractivity contribution in [3.8, 4) is 22.4 Å². The second-order valence-corrected chi connectivity index (χ2v) is 9.47. The zero-order valence-corrected chi connectivity index (χ0v) is 18.7. The number of H-pyrrole nitrogens is 1. The lowest BCUT2D eigenvalue weighted by molar-refractivity contribution is -0.148. The van der Waals surface area contributed by atoms with Crippen LogP contribution in [-0.4, -0.2) is 37.5 Å². The SMILES string of the molecule is CC1(O)CC(n2ncc(-c3[nH]cc(-c4c(F)cccc4Cl)c3C(=O)OC3CC3)c2C(F)(F)F)C1. The Bertz CT molecular complexity index is 1250. The molecular formula is C23H20ClF4N3O3. The number of carbonyl (C=O) groups excluding carboxylic acids is 1. The van der Waals surface area contributed by atoms with Gasteiger partial charge in [-0.2, -0.15) is 18.3 Å². The van der Waals surface area contributed by atoms with Crippen LogP contribution in [0.3, 0.4) is 0 Å². The predicted molar refractivity (Wildman–Crippen MR) is 115 cm³/mol. The molecule has 2 N–H and O–H groups in total. The Labute approximate surface area is 196 Å². The lowest BCUT2D eigenvalue weighted by Gasteiger charge is -2.41. The minimum atomic E-state index is -4.81. The highest BCUT2D eigenvalue weighted by atomic mass is 35.5. The van der Waals surface area contributed by atoms with Gasteiger partial charge in [-0.25, -0.2) is 9.18 Å². The number of carbonyl (C=O) groups is 1. The number of hydrogen-bond donors (Lipinski definition) is 2. The van der Waals surface area contributed by atoms with Crippen LogP contribution < -0.4 is 0 Å². The third-order valence-electron chi connectivity index (χ3n) is 6.14. The van der Waals surface area contributed by atoms with Crippen molar-refractivity contribution >= 4 is 17.6 Å². The van der Waals surface area contributed by atoms with Gasteiger partial charge in [0.1, 0.15) is 11.9 Å². The number of nitrogens with zero attached hydrogens (tertiary/aromatic N) is 2. The molecule has 0 radical (unpaired) electrons. The molecule has 180 valence electrons. The quantitative estimate of drug-likeness (QED) is 0.347. The Kier molecular flexibility index (Phi) is 5.29. The van der Waals surface area contributed by atoms with Gasteiger partial charge in [0.25, 0.3) is 0 Å². The van der Waals surface area contributed by atoms with E-state index in [0.29, 0.717) is 12.8 Å². The Morgan fingerprint density at radius 3 is 2.59 bits per heavy atom. The van der Waals surface area contributed by atoms with Gasteiger partial charge in [0.05, 0.1) is 34.1 Å². The number of aliphatic hydroxyl groups is 1. The number of alkyl halides is 3. The molecule has 2 heterocycles. The van der Waals surface area contributed by atoms with Crippen LogP contribution in [0.5, 0.6) is 0 Å². The van der Waals surface area contributed by atoms with E-state index in [-0.39, 0.29) is 51.9 Å². The van der Waals surface area contributed by atoms with Gasteiger partial charge in [0, 0.05) is 22.9 Å². The minimum absolute atomic E-state index is 0.00352. The summed E-state index contributed by atoms with van der Waals surface area (Å²) in [6, 6.07) is 3.30. The van der Waals surface area contributed by atoms with Gasteiger partial charge >= 0.3 is 12.1 Å². The number of ether oxygens (including phenoxy) is 1. The highest BCUT2D eigenvalue weighted by Crippen LogP contribution is 2.47. The molecule has 0 amide bonds. The largest absolute Gasteiger partial charge is 0.459 e. The van der Waals surface area contributed by atoms with Crippen LogP contribution in [-0.2, 0) is 10.9 Å². The summed E-state index contributed by atoms with van der Waals surface area (Å²) in [5, 5.41) is 14.0. The fourth-order valence-corrected chi connectivity index (χ4v) is 4.69. The zero-order chi connectivity index (χ0) is 24.4. The molecule has 34 heavy (non-hydrogen) atoms. The molecule has 2 aromatic heterocycles. The molecule has 3 aromatic rings. The molecule has 5 rings (SSSR count). The molecule has 0 bridgehead atoms. The summed E-state index contributed by atoms with van der Waals surface area (Å²) in [6.45, 7) is 1.54. The molecule has 0 spiro atoms. The molecular weight excluding hydrogens is 478 g/mol. The van der Waals surface area contributed by atoms with Gasteiger partial charge in [0.15, 0.2) is 5.69 Å². The van der Waals surface area contributed by atoms with E-state index in [4.69, 9.17) is 16.3 Å². The molecule has 1 aromatic carbocycles. The van der Waals surface area contributed by atoms with E-state index in [1.165, 1.54) is 18.3 Å². The zero-order valence-electron chi connectivity index (χ0n) is 17.9. The van der Waals surface area contributed by atoms with Crippen LogP contribution in [0.25, 0.3) is 22.4 Å². The predicted octanol–water partition coefficient (Wildman–Crippen LogP) is 5.76. The standard InChI is InChI=1S/C23H20ClF4N3O3/c1-22(33)7-11(8-22)31-20(23(26,27)28)14(10-30-31)19-18(21(32)34-12-5-6-12)13(9-29-19)17-15(24)3-2-4-16(17)25/h2-4,9-12,29,33H,5-8H2,1H3. The lowest BCUT2D eigenvalue weighted by Crippen LogP contribution is -2.43. The third kappa shape index (κ3) is 3.98. The average molecular weight is 498 g/mol. The lowest BCUT2D eigenvalue weighted by atomic mass is 9.77. The van der Waals surface area contributed by atoms with Gasteiger partial charge < -0.3 is 14.8 Å². The van der Waals surface area contributed by atoms with Gasteiger partial charge in [-0.1, -0.05) is 17.7 Å². The highest BCUT2D eigenvalue weighted by molar-refractivity contribution is 6.33. The van der Waals surface area contributed by atoms with Crippen molar-refractivity contribution in [2.45, 2.75) is 56.5 Å². The minimum Gasteiger partial charge on any atom is -0.459 e. The molecule has 2 fully saturated rings. The van der Waals surface area contributed by atoms with Crippen molar-refractivity contribution in [2.24, 2.45) is 0 Å². The smallest absolute Gasteiger partial charge is 0.433 e. The average Bonchev–Trinajstić information content (AvgIpc) is 3.24. The van der Waals surface area contributed by atoms with Gasteiger partial charge in [0.2, 0.25) is 0 Å². The molecule has 0 saturated heterocycles. The third-order valence-corrected chi connectivity index (χ3v) is 6.46. The Morgan fingerprint density at radius 2 is 2.00 bits per heavy atom. The number of hydrogen-bond acceptors (Lipinski definition) is 4. The summed E-state index contributed by atoms with van der Waals surface area (Å²) in [5.41, 5.74) is -3.07. The first-order valence-electron chi connectivity index (χ1n) is 10.7. The molecule has 2 aliphatic carbocycles. The Morgan fingerprint density at radius 1 is 1.29 bits per heavy atom. The normalized spacial score (nSPS) is 22.5. The summed E-state index contributed by atoms with van der Waals surface area (Å²) < 4.78 is 63.6. The number of nitrogens with one attached hydrogen (secondary N) is 1. The maximum Gasteiger partial charge on any atom is 0.433 e. The van der Waals surface area contributed by atoms with Crippen LogP contribution >= 0.6 is 11.6 Å². The number of benzene rings is 1. The van der Waals surface area contributed by atoms with Crippen LogP contribution in [0, 0.1) is 5.82 Å². The fourth-order valence-electron chi connectivity index (χ4n) is 4.43. The summed E-state index contributed by atoms with van der Waals surface area (Å²) in [4.78, 5) is 15.8. The molecule has 0 atom stereocenters.